The highest BCUT2D eigenvalue weighted by atomic mass is 35.5. The second kappa shape index (κ2) is 4.88. The Balaban J connectivity index is 2.33. The van der Waals surface area contributed by atoms with Gasteiger partial charge in [0.2, 0.25) is 0 Å². The van der Waals surface area contributed by atoms with Crippen LogP contribution in [-0.4, -0.2) is 8.42 Å². The largest absolute Gasteiger partial charge is 0.396 e. The Morgan fingerprint density at radius 1 is 1.00 bits per heavy atom. The van der Waals surface area contributed by atoms with Gasteiger partial charge in [-0.1, -0.05) is 23.7 Å². The molecule has 2 aromatic rings. The van der Waals surface area contributed by atoms with Gasteiger partial charge in [0.15, 0.2) is 5.75 Å². The minimum atomic E-state index is -3.89. The van der Waals surface area contributed by atoms with Crippen molar-refractivity contribution in [1.29, 1.82) is 0 Å². The topological polar surface area (TPSA) is 69.4 Å². The first-order valence-electron chi connectivity index (χ1n) is 5.03. The molecule has 0 spiro atoms. The zero-order valence-corrected chi connectivity index (χ0v) is 10.8. The summed E-state index contributed by atoms with van der Waals surface area (Å²) < 4.78 is 28.9. The third-order valence-electron chi connectivity index (χ3n) is 2.22. The molecule has 0 aliphatic heterocycles. The van der Waals surface area contributed by atoms with E-state index in [1.165, 1.54) is 30.3 Å². The van der Waals surface area contributed by atoms with E-state index in [1.54, 1.807) is 18.2 Å². The molecule has 0 unspecified atom stereocenters. The lowest BCUT2D eigenvalue weighted by Gasteiger charge is -2.08. The van der Waals surface area contributed by atoms with E-state index in [9.17, 15) is 8.42 Å². The maximum atomic E-state index is 11.9. The first-order chi connectivity index (χ1) is 8.49. The summed E-state index contributed by atoms with van der Waals surface area (Å²) in [7, 11) is -3.89. The fourth-order valence-corrected chi connectivity index (χ4v) is 2.40. The van der Waals surface area contributed by atoms with E-state index in [1.807, 2.05) is 0 Å². The molecule has 0 radical (unpaired) electrons. The molecule has 0 saturated carbocycles. The van der Waals surface area contributed by atoms with E-state index in [0.717, 1.165) is 0 Å². The summed E-state index contributed by atoms with van der Waals surface area (Å²) in [6.45, 7) is 0. The first-order valence-corrected chi connectivity index (χ1v) is 6.82. The van der Waals surface area contributed by atoms with Crippen molar-refractivity contribution in [3.05, 3.63) is 53.6 Å². The number of hydrogen-bond acceptors (Lipinski definition) is 4. The summed E-state index contributed by atoms with van der Waals surface area (Å²) in [6, 6.07) is 12.1. The molecule has 4 nitrogen and oxygen atoms in total. The zero-order chi connectivity index (χ0) is 13.2. The van der Waals surface area contributed by atoms with Crippen LogP contribution in [0.25, 0.3) is 0 Å². The smallest absolute Gasteiger partial charge is 0.339 e. The number of hydrogen-bond donors (Lipinski definition) is 1. The number of nitrogen functional groups attached to an aromatic ring is 1. The van der Waals surface area contributed by atoms with Gasteiger partial charge in [0.25, 0.3) is 0 Å². The Bertz CT molecular complexity index is 653. The average molecular weight is 284 g/mol. The van der Waals surface area contributed by atoms with E-state index in [2.05, 4.69) is 0 Å². The van der Waals surface area contributed by atoms with Crippen LogP contribution in [0, 0.1) is 0 Å². The van der Waals surface area contributed by atoms with Crippen LogP contribution in [0.1, 0.15) is 0 Å². The highest BCUT2D eigenvalue weighted by Crippen LogP contribution is 2.25. The van der Waals surface area contributed by atoms with Crippen molar-refractivity contribution in [3.63, 3.8) is 0 Å². The molecule has 0 aliphatic rings. The number of halogens is 1. The number of para-hydroxylation sites is 2. The lowest BCUT2D eigenvalue weighted by molar-refractivity contribution is 0.487. The Hall–Kier alpha value is -1.72. The highest BCUT2D eigenvalue weighted by Gasteiger charge is 2.17. The monoisotopic (exact) mass is 283 g/mol. The maximum Gasteiger partial charge on any atom is 0.339 e. The van der Waals surface area contributed by atoms with Gasteiger partial charge < -0.3 is 9.92 Å². The molecule has 18 heavy (non-hydrogen) atoms. The Morgan fingerprint density at radius 3 is 2.22 bits per heavy atom. The number of benzene rings is 2. The lowest BCUT2D eigenvalue weighted by Crippen LogP contribution is -2.10. The minimum Gasteiger partial charge on any atom is -0.396 e. The third-order valence-corrected chi connectivity index (χ3v) is 3.72. The molecule has 2 rings (SSSR count). The van der Waals surface area contributed by atoms with Crippen molar-refractivity contribution in [1.82, 2.24) is 0 Å². The van der Waals surface area contributed by atoms with E-state index in [-0.39, 0.29) is 16.3 Å². The molecule has 0 aromatic heterocycles. The van der Waals surface area contributed by atoms with Crippen molar-refractivity contribution in [2.45, 2.75) is 4.90 Å². The predicted octanol–water partition coefficient (Wildman–Crippen LogP) is 2.69. The summed E-state index contributed by atoms with van der Waals surface area (Å²) in [4.78, 5) is 0.0233. The van der Waals surface area contributed by atoms with Crippen LogP contribution in [-0.2, 0) is 10.1 Å². The predicted molar refractivity (Wildman–Crippen MR) is 70.1 cm³/mol. The molecule has 0 fully saturated rings. The standard InChI is InChI=1S/C12H10ClNO3S/c13-9-5-7-10(8-6-9)18(15,16)17-12-4-2-1-3-11(12)14/h1-8H,14H2. The summed E-state index contributed by atoms with van der Waals surface area (Å²) in [6.07, 6.45) is 0. The minimum absolute atomic E-state index is 0.0233. The van der Waals surface area contributed by atoms with E-state index >= 15 is 0 Å². The lowest BCUT2D eigenvalue weighted by atomic mass is 10.3. The second-order valence-corrected chi connectivity index (χ2v) is 5.51. The molecular formula is C12H10ClNO3S. The van der Waals surface area contributed by atoms with E-state index in [4.69, 9.17) is 21.5 Å². The van der Waals surface area contributed by atoms with Crippen molar-refractivity contribution >= 4 is 27.4 Å². The van der Waals surface area contributed by atoms with Gasteiger partial charge in [-0.05, 0) is 36.4 Å². The Kier molecular flexibility index (Phi) is 3.45. The molecular weight excluding hydrogens is 274 g/mol. The fraction of sp³-hybridized carbons (Fsp3) is 0. The molecule has 0 saturated heterocycles. The van der Waals surface area contributed by atoms with Crippen molar-refractivity contribution in [2.75, 3.05) is 5.73 Å². The number of rotatable bonds is 3. The van der Waals surface area contributed by atoms with Crippen LogP contribution < -0.4 is 9.92 Å². The average Bonchev–Trinajstić information content (AvgIpc) is 2.32. The third kappa shape index (κ3) is 2.75. The highest BCUT2D eigenvalue weighted by molar-refractivity contribution is 7.87. The summed E-state index contributed by atoms with van der Waals surface area (Å²) >= 11 is 5.69. The van der Waals surface area contributed by atoms with Crippen LogP contribution in [0.15, 0.2) is 53.4 Å². The normalized spacial score (nSPS) is 11.2. The SMILES string of the molecule is Nc1ccccc1OS(=O)(=O)c1ccc(Cl)cc1. The summed E-state index contributed by atoms with van der Waals surface area (Å²) in [5, 5.41) is 0.452. The Labute approximate surface area is 110 Å². The van der Waals surface area contributed by atoms with Gasteiger partial charge in [0.05, 0.1) is 5.69 Å². The van der Waals surface area contributed by atoms with Crippen LogP contribution in [0.3, 0.4) is 0 Å². The van der Waals surface area contributed by atoms with Gasteiger partial charge in [-0.3, -0.25) is 0 Å². The van der Waals surface area contributed by atoms with Gasteiger partial charge in [0.1, 0.15) is 4.90 Å². The quantitative estimate of drug-likeness (QED) is 0.694. The molecule has 2 N–H and O–H groups in total. The maximum absolute atomic E-state index is 11.9. The van der Waals surface area contributed by atoms with Gasteiger partial charge in [-0.2, -0.15) is 8.42 Å². The zero-order valence-electron chi connectivity index (χ0n) is 9.21. The van der Waals surface area contributed by atoms with Gasteiger partial charge >= 0.3 is 10.1 Å². The van der Waals surface area contributed by atoms with E-state index < -0.39 is 10.1 Å². The molecule has 0 atom stereocenters. The summed E-state index contributed by atoms with van der Waals surface area (Å²) in [5.41, 5.74) is 5.88. The number of nitrogens with two attached hydrogens (primary N) is 1. The molecule has 0 amide bonds. The van der Waals surface area contributed by atoms with Crippen molar-refractivity contribution in [3.8, 4) is 5.75 Å². The fourth-order valence-electron chi connectivity index (χ4n) is 1.32. The van der Waals surface area contributed by atoms with Crippen LogP contribution in [0.2, 0.25) is 5.02 Å². The van der Waals surface area contributed by atoms with Gasteiger partial charge in [0, 0.05) is 5.02 Å². The van der Waals surface area contributed by atoms with E-state index in [0.29, 0.717) is 5.02 Å². The number of anilines is 1. The van der Waals surface area contributed by atoms with Crippen LogP contribution in [0.4, 0.5) is 5.69 Å². The van der Waals surface area contributed by atoms with Gasteiger partial charge in [-0.15, -0.1) is 0 Å². The van der Waals surface area contributed by atoms with Crippen molar-refractivity contribution < 1.29 is 12.6 Å². The summed E-state index contributed by atoms with van der Waals surface area (Å²) in [5.74, 6) is 0.104. The molecule has 6 heteroatoms. The van der Waals surface area contributed by atoms with Gasteiger partial charge in [-0.25, -0.2) is 0 Å². The first kappa shape index (κ1) is 12.7. The molecule has 94 valence electrons. The molecule has 0 aliphatic carbocycles. The second-order valence-electron chi connectivity index (χ2n) is 3.53. The van der Waals surface area contributed by atoms with Crippen molar-refractivity contribution in [2.24, 2.45) is 0 Å². The van der Waals surface area contributed by atoms with Crippen LogP contribution >= 0.6 is 11.6 Å². The molecule has 0 heterocycles. The van der Waals surface area contributed by atoms with Crippen LogP contribution in [0.5, 0.6) is 5.75 Å². The molecule has 0 bridgehead atoms. The molecule has 2 aromatic carbocycles. The Morgan fingerprint density at radius 2 is 1.61 bits per heavy atom.